The van der Waals surface area contributed by atoms with Crippen LogP contribution in [0.5, 0.6) is 0 Å². The van der Waals surface area contributed by atoms with Gasteiger partial charge < -0.3 is 14.8 Å². The van der Waals surface area contributed by atoms with Crippen LogP contribution >= 0.6 is 0 Å². The number of aromatic nitrogens is 3. The molecule has 3 heterocycles. The van der Waals surface area contributed by atoms with E-state index in [1.807, 2.05) is 0 Å². The van der Waals surface area contributed by atoms with Crippen molar-refractivity contribution in [1.82, 2.24) is 25.0 Å². The van der Waals surface area contributed by atoms with Crippen LogP contribution in [0.4, 0.5) is 13.6 Å². The minimum absolute atomic E-state index is 0.0174. The van der Waals surface area contributed by atoms with Crippen molar-refractivity contribution >= 4 is 6.03 Å². The van der Waals surface area contributed by atoms with E-state index >= 15 is 0 Å². The lowest BCUT2D eigenvalue weighted by molar-refractivity contribution is -0.0908. The smallest absolute Gasteiger partial charge is 0.317 e. The number of carbonyl (C=O) groups is 1. The molecule has 6 nitrogen and oxygen atoms in total. The third-order valence-corrected chi connectivity index (χ3v) is 5.04. The molecule has 2 aliphatic rings. The highest BCUT2D eigenvalue weighted by Crippen LogP contribution is 2.33. The SMILES string of the molecule is CC(C)c1nnc2n1CC(NC(=O)N1CCC(F)(F)C(C)C1)CC2. The van der Waals surface area contributed by atoms with E-state index < -0.39 is 11.8 Å². The molecular formula is C16H25F2N5O. The quantitative estimate of drug-likeness (QED) is 0.898. The number of hydrogen-bond donors (Lipinski definition) is 1. The maximum atomic E-state index is 13.6. The number of rotatable bonds is 2. The summed E-state index contributed by atoms with van der Waals surface area (Å²) in [4.78, 5) is 13.9. The predicted molar refractivity (Wildman–Crippen MR) is 85.1 cm³/mol. The minimum Gasteiger partial charge on any atom is -0.333 e. The van der Waals surface area contributed by atoms with E-state index in [1.54, 1.807) is 0 Å². The number of urea groups is 1. The number of nitrogens with one attached hydrogen (secondary N) is 1. The van der Waals surface area contributed by atoms with Gasteiger partial charge in [-0.15, -0.1) is 10.2 Å². The van der Waals surface area contributed by atoms with Gasteiger partial charge in [0.15, 0.2) is 0 Å². The number of alkyl halides is 2. The Bertz CT molecular complexity index is 616. The van der Waals surface area contributed by atoms with Crippen molar-refractivity contribution in [2.45, 2.75) is 64.5 Å². The Morgan fingerprint density at radius 1 is 1.33 bits per heavy atom. The second-order valence-corrected chi connectivity index (χ2v) is 7.28. The maximum Gasteiger partial charge on any atom is 0.317 e. The Morgan fingerprint density at radius 2 is 2.08 bits per heavy atom. The van der Waals surface area contributed by atoms with Crippen LogP contribution in [0.25, 0.3) is 0 Å². The normalized spacial score (nSPS) is 26.3. The topological polar surface area (TPSA) is 63.1 Å². The van der Waals surface area contributed by atoms with E-state index in [1.165, 1.54) is 11.8 Å². The fourth-order valence-electron chi connectivity index (χ4n) is 3.43. The summed E-state index contributed by atoms with van der Waals surface area (Å²) in [5, 5.41) is 11.4. The number of likely N-dealkylation sites (tertiary alicyclic amines) is 1. The second kappa shape index (κ2) is 6.29. The van der Waals surface area contributed by atoms with Crippen LogP contribution in [0.15, 0.2) is 0 Å². The Morgan fingerprint density at radius 3 is 2.75 bits per heavy atom. The van der Waals surface area contributed by atoms with Crippen LogP contribution in [-0.4, -0.2) is 50.7 Å². The summed E-state index contributed by atoms with van der Waals surface area (Å²) in [6, 6.07) is -0.263. The summed E-state index contributed by atoms with van der Waals surface area (Å²) in [6.45, 7) is 6.47. The number of piperidine rings is 1. The maximum absolute atomic E-state index is 13.6. The van der Waals surface area contributed by atoms with Gasteiger partial charge in [0, 0.05) is 50.4 Å². The number of halogens is 2. The number of fused-ring (bicyclic) bond motifs is 1. The Hall–Kier alpha value is -1.73. The molecule has 1 aromatic rings. The van der Waals surface area contributed by atoms with Crippen LogP contribution in [0.1, 0.15) is 51.2 Å². The standard InChI is InChI=1S/C16H25F2N5O/c1-10(2)14-21-20-13-5-4-12(9-23(13)14)19-15(24)22-7-6-16(17,18)11(3)8-22/h10-12H,4-9H2,1-3H3,(H,19,24). The minimum atomic E-state index is -2.68. The van der Waals surface area contributed by atoms with Crippen LogP contribution in [0.2, 0.25) is 0 Å². The van der Waals surface area contributed by atoms with Gasteiger partial charge >= 0.3 is 6.03 Å². The molecule has 0 aromatic carbocycles. The average Bonchev–Trinajstić information content (AvgIpc) is 2.93. The highest BCUT2D eigenvalue weighted by Gasteiger charge is 2.42. The molecule has 1 N–H and O–H groups in total. The number of aryl methyl sites for hydroxylation is 1. The van der Waals surface area contributed by atoms with E-state index in [0.29, 0.717) is 6.54 Å². The van der Waals surface area contributed by atoms with Gasteiger partial charge in [0.25, 0.3) is 5.92 Å². The molecule has 1 fully saturated rings. The van der Waals surface area contributed by atoms with E-state index in [9.17, 15) is 13.6 Å². The number of hydrogen-bond acceptors (Lipinski definition) is 3. The lowest BCUT2D eigenvalue weighted by Gasteiger charge is -2.37. The Kier molecular flexibility index (Phi) is 4.48. The first-order valence-corrected chi connectivity index (χ1v) is 8.63. The Balaban J connectivity index is 1.61. The fraction of sp³-hybridized carbons (Fsp3) is 0.812. The third-order valence-electron chi connectivity index (χ3n) is 5.04. The zero-order valence-corrected chi connectivity index (χ0v) is 14.4. The van der Waals surface area contributed by atoms with Gasteiger partial charge in [-0.1, -0.05) is 20.8 Å². The van der Waals surface area contributed by atoms with Crippen molar-refractivity contribution in [2.75, 3.05) is 13.1 Å². The Labute approximate surface area is 140 Å². The molecule has 0 aliphatic carbocycles. The molecule has 2 unspecified atom stereocenters. The molecule has 2 aliphatic heterocycles. The van der Waals surface area contributed by atoms with E-state index in [2.05, 4.69) is 33.9 Å². The molecule has 2 amide bonds. The van der Waals surface area contributed by atoms with Crippen molar-refractivity contribution in [1.29, 1.82) is 0 Å². The molecule has 0 spiro atoms. The summed E-state index contributed by atoms with van der Waals surface area (Å²) in [5.41, 5.74) is 0. The first-order chi connectivity index (χ1) is 11.3. The van der Waals surface area contributed by atoms with E-state index in [-0.39, 0.29) is 37.5 Å². The summed E-state index contributed by atoms with van der Waals surface area (Å²) in [5.74, 6) is -1.33. The van der Waals surface area contributed by atoms with Gasteiger partial charge in [-0.05, 0) is 6.42 Å². The zero-order chi connectivity index (χ0) is 17.5. The summed E-state index contributed by atoms with van der Waals surface area (Å²) in [6.07, 6.45) is 1.29. The van der Waals surface area contributed by atoms with Gasteiger partial charge in [0.1, 0.15) is 11.6 Å². The summed E-state index contributed by atoms with van der Waals surface area (Å²) in [7, 11) is 0. The molecule has 1 aromatic heterocycles. The second-order valence-electron chi connectivity index (χ2n) is 7.28. The van der Waals surface area contributed by atoms with Crippen molar-refractivity contribution in [3.63, 3.8) is 0 Å². The molecule has 3 rings (SSSR count). The zero-order valence-electron chi connectivity index (χ0n) is 14.4. The fourth-order valence-corrected chi connectivity index (χ4v) is 3.43. The molecular weight excluding hydrogens is 316 g/mol. The summed E-state index contributed by atoms with van der Waals surface area (Å²) >= 11 is 0. The van der Waals surface area contributed by atoms with Crippen LogP contribution in [0, 0.1) is 5.92 Å². The third kappa shape index (κ3) is 3.23. The first kappa shape index (κ1) is 17.1. The highest BCUT2D eigenvalue weighted by molar-refractivity contribution is 5.74. The molecule has 24 heavy (non-hydrogen) atoms. The van der Waals surface area contributed by atoms with Gasteiger partial charge in [0.05, 0.1) is 0 Å². The molecule has 0 saturated carbocycles. The highest BCUT2D eigenvalue weighted by atomic mass is 19.3. The molecule has 0 bridgehead atoms. The van der Waals surface area contributed by atoms with Crippen molar-refractivity contribution < 1.29 is 13.6 Å². The first-order valence-electron chi connectivity index (χ1n) is 8.63. The molecule has 1 saturated heterocycles. The van der Waals surface area contributed by atoms with E-state index in [0.717, 1.165) is 24.5 Å². The van der Waals surface area contributed by atoms with Crippen molar-refractivity contribution in [3.8, 4) is 0 Å². The lowest BCUT2D eigenvalue weighted by atomic mass is 9.96. The van der Waals surface area contributed by atoms with Crippen LogP contribution in [0.3, 0.4) is 0 Å². The molecule has 8 heteroatoms. The van der Waals surface area contributed by atoms with Gasteiger partial charge in [-0.25, -0.2) is 13.6 Å². The molecule has 2 atom stereocenters. The monoisotopic (exact) mass is 341 g/mol. The van der Waals surface area contributed by atoms with Crippen LogP contribution in [-0.2, 0) is 13.0 Å². The molecule has 134 valence electrons. The molecule has 0 radical (unpaired) electrons. The van der Waals surface area contributed by atoms with Gasteiger partial charge in [-0.3, -0.25) is 0 Å². The largest absolute Gasteiger partial charge is 0.333 e. The van der Waals surface area contributed by atoms with Crippen molar-refractivity contribution in [3.05, 3.63) is 11.6 Å². The van der Waals surface area contributed by atoms with Gasteiger partial charge in [-0.2, -0.15) is 0 Å². The number of nitrogens with zero attached hydrogens (tertiary/aromatic N) is 4. The van der Waals surface area contributed by atoms with Crippen molar-refractivity contribution in [2.24, 2.45) is 5.92 Å². The lowest BCUT2D eigenvalue weighted by Crippen LogP contribution is -2.54. The summed E-state index contributed by atoms with van der Waals surface area (Å²) < 4.78 is 29.2. The number of carbonyl (C=O) groups excluding carboxylic acids is 1. The predicted octanol–water partition coefficient (Wildman–Crippen LogP) is 2.40. The van der Waals surface area contributed by atoms with Crippen LogP contribution < -0.4 is 5.32 Å². The van der Waals surface area contributed by atoms with E-state index in [4.69, 9.17) is 0 Å². The van der Waals surface area contributed by atoms with Gasteiger partial charge in [0.2, 0.25) is 0 Å². The number of amides is 2. The average molecular weight is 341 g/mol.